The lowest BCUT2D eigenvalue weighted by molar-refractivity contribution is 0.660. The van der Waals surface area contributed by atoms with Gasteiger partial charge in [-0.05, 0) is 98.5 Å². The van der Waals surface area contributed by atoms with Gasteiger partial charge in [0, 0.05) is 71.3 Å². The van der Waals surface area contributed by atoms with Crippen molar-refractivity contribution in [3.05, 3.63) is 175 Å². The van der Waals surface area contributed by atoms with Crippen LogP contribution in [0.15, 0.2) is 173 Å². The maximum atomic E-state index is 6.76. The van der Waals surface area contributed by atoms with E-state index in [-0.39, 0.29) is 12.3 Å². The number of furan rings is 2. The molecule has 12 aromatic rings. The molecule has 278 valence electrons. The molecule has 60 heavy (non-hydrogen) atoms. The highest BCUT2D eigenvalue weighted by atomic mass is 16.3. The molecule has 1 aliphatic carbocycles. The Balaban J connectivity index is 1.17. The minimum atomic E-state index is -0.220. The number of hydrogen-bond acceptors (Lipinski definition) is 3. The van der Waals surface area contributed by atoms with Gasteiger partial charge in [0.2, 0.25) is 0 Å². The van der Waals surface area contributed by atoms with Gasteiger partial charge in [-0.3, -0.25) is 0 Å². The SMILES string of the molecule is CC1(C)c2ccccc2-c2c1cc1c3c2N(c2ccc4oc5ccccc5c4c2)c2cc4c(cc2B3n2c3ccc5ccccc5c3c3cccc-1c32)oc1ccccc14. The molecule has 0 saturated carbocycles. The molecule has 0 radical (unpaired) electrons. The number of anilines is 3. The topological polar surface area (TPSA) is 34.5 Å². The molecule has 0 N–H and O–H groups in total. The van der Waals surface area contributed by atoms with Gasteiger partial charge >= 0.3 is 6.85 Å². The Morgan fingerprint density at radius 3 is 2.03 bits per heavy atom. The molecule has 0 bridgehead atoms. The Bertz CT molecular complexity index is 3960. The minimum Gasteiger partial charge on any atom is -0.456 e. The molecule has 0 spiro atoms. The summed E-state index contributed by atoms with van der Waals surface area (Å²) < 4.78 is 15.9. The Labute approximate surface area is 344 Å². The van der Waals surface area contributed by atoms with E-state index in [1.165, 1.54) is 82.6 Å². The van der Waals surface area contributed by atoms with Gasteiger partial charge < -0.3 is 18.2 Å². The lowest BCUT2D eigenvalue weighted by Crippen LogP contribution is -2.57. The Kier molecular flexibility index (Phi) is 5.55. The monoisotopic (exact) mass is 764 g/mol. The zero-order valence-corrected chi connectivity index (χ0v) is 32.9. The van der Waals surface area contributed by atoms with Gasteiger partial charge in [-0.25, -0.2) is 0 Å². The highest BCUT2D eigenvalue weighted by Crippen LogP contribution is 2.58. The van der Waals surface area contributed by atoms with Crippen molar-refractivity contribution in [3.63, 3.8) is 0 Å². The normalized spacial score (nSPS) is 14.6. The fraction of sp³-hybridized carbons (Fsp3) is 0.0545. The standard InChI is InChI=1S/C55H33BN2O2/c1-55(2)41-19-8-5-16-36(41)51-42(55)27-40-35-17-11-18-37-50-32-13-4-3-12-30(32)22-24-44(50)58(53(35)37)56-43-29-49-39(34-15-7-10-21-47(34)60-49)28-45(43)57(54(51)52(40)56)31-23-25-48-38(26-31)33-14-6-9-20-46(33)59-48/h3-29H,1-2H3. The molecule has 9 aromatic carbocycles. The highest BCUT2D eigenvalue weighted by Gasteiger charge is 2.48. The Hall–Kier alpha value is -7.50. The van der Waals surface area contributed by atoms with Crippen molar-refractivity contribution in [1.29, 1.82) is 0 Å². The van der Waals surface area contributed by atoms with E-state index in [1.54, 1.807) is 0 Å². The molecule has 4 nitrogen and oxygen atoms in total. The number of benzene rings is 9. The van der Waals surface area contributed by atoms with Crippen LogP contribution in [0.5, 0.6) is 0 Å². The van der Waals surface area contributed by atoms with Crippen LogP contribution in [-0.4, -0.2) is 11.3 Å². The molecule has 2 aliphatic heterocycles. The molecule has 15 rings (SSSR count). The first kappa shape index (κ1) is 31.5. The van der Waals surface area contributed by atoms with E-state index in [0.717, 1.165) is 55.3 Å². The number of nitrogens with zero attached hydrogens (tertiary/aromatic N) is 2. The summed E-state index contributed by atoms with van der Waals surface area (Å²) in [5.74, 6) is 0. The van der Waals surface area contributed by atoms with Crippen LogP contribution < -0.4 is 15.8 Å². The first-order valence-electron chi connectivity index (χ1n) is 21.0. The van der Waals surface area contributed by atoms with Crippen LogP contribution >= 0.6 is 0 Å². The molecule has 0 unspecified atom stereocenters. The fourth-order valence-corrected chi connectivity index (χ4v) is 11.8. The average molecular weight is 765 g/mol. The predicted octanol–water partition coefficient (Wildman–Crippen LogP) is 13.5. The van der Waals surface area contributed by atoms with Crippen molar-refractivity contribution in [3.8, 4) is 22.3 Å². The molecule has 0 amide bonds. The predicted molar refractivity (Wildman–Crippen MR) is 250 cm³/mol. The summed E-state index contributed by atoms with van der Waals surface area (Å²) >= 11 is 0. The summed E-state index contributed by atoms with van der Waals surface area (Å²) in [6.45, 7) is 4.69. The molecular formula is C55H33BN2O2. The van der Waals surface area contributed by atoms with Gasteiger partial charge in [-0.15, -0.1) is 0 Å². The Morgan fingerprint density at radius 2 is 1.18 bits per heavy atom. The third-order valence-electron chi connectivity index (χ3n) is 14.3. The third kappa shape index (κ3) is 3.64. The smallest absolute Gasteiger partial charge is 0.333 e. The van der Waals surface area contributed by atoms with Crippen LogP contribution in [0.4, 0.5) is 17.1 Å². The van der Waals surface area contributed by atoms with Crippen LogP contribution in [-0.2, 0) is 5.41 Å². The summed E-state index contributed by atoms with van der Waals surface area (Å²) in [6, 6.07) is 60.6. The molecule has 5 heterocycles. The molecule has 0 saturated heterocycles. The molecule has 5 heteroatoms. The second-order valence-electron chi connectivity index (χ2n) is 17.6. The van der Waals surface area contributed by atoms with Crippen LogP contribution in [0, 0.1) is 0 Å². The van der Waals surface area contributed by atoms with Gasteiger partial charge in [0.1, 0.15) is 22.3 Å². The van der Waals surface area contributed by atoms with Gasteiger partial charge in [0.05, 0.1) is 5.69 Å². The first-order valence-corrected chi connectivity index (χ1v) is 21.0. The van der Waals surface area contributed by atoms with Crippen LogP contribution in [0.2, 0.25) is 0 Å². The maximum absolute atomic E-state index is 6.76. The van der Waals surface area contributed by atoms with Crippen molar-refractivity contribution >= 4 is 111 Å². The van der Waals surface area contributed by atoms with E-state index in [1.807, 2.05) is 0 Å². The zero-order chi connectivity index (χ0) is 39.2. The number of fused-ring (bicyclic) bond motifs is 19. The summed E-state index contributed by atoms with van der Waals surface area (Å²) in [5.41, 5.74) is 19.9. The Morgan fingerprint density at radius 1 is 0.500 bits per heavy atom. The molecule has 0 atom stereocenters. The van der Waals surface area contributed by atoms with Gasteiger partial charge in [-0.2, -0.15) is 0 Å². The second-order valence-corrected chi connectivity index (χ2v) is 17.6. The minimum absolute atomic E-state index is 0.130. The number of hydrogen-bond donors (Lipinski definition) is 0. The van der Waals surface area contributed by atoms with Gasteiger partial charge in [0.25, 0.3) is 0 Å². The van der Waals surface area contributed by atoms with Crippen LogP contribution in [0.3, 0.4) is 0 Å². The van der Waals surface area contributed by atoms with Crippen LogP contribution in [0.1, 0.15) is 25.0 Å². The summed E-state index contributed by atoms with van der Waals surface area (Å²) in [7, 11) is 0. The molecular weight excluding hydrogens is 731 g/mol. The van der Waals surface area contributed by atoms with Crippen LogP contribution in [0.25, 0.3) is 98.7 Å². The number of aromatic nitrogens is 1. The lowest BCUT2D eigenvalue weighted by atomic mass is 9.44. The van der Waals surface area contributed by atoms with E-state index >= 15 is 0 Å². The van der Waals surface area contributed by atoms with E-state index in [9.17, 15) is 0 Å². The van der Waals surface area contributed by atoms with Gasteiger partial charge in [-0.1, -0.05) is 123 Å². The summed E-state index contributed by atoms with van der Waals surface area (Å²) in [5, 5.41) is 9.61. The molecule has 3 aliphatic rings. The fourth-order valence-electron chi connectivity index (χ4n) is 11.8. The van der Waals surface area contributed by atoms with Crippen molar-refractivity contribution < 1.29 is 8.83 Å². The second kappa shape index (κ2) is 10.6. The van der Waals surface area contributed by atoms with Crippen molar-refractivity contribution in [2.24, 2.45) is 0 Å². The lowest BCUT2D eigenvalue weighted by Gasteiger charge is -2.42. The molecule has 3 aromatic heterocycles. The highest BCUT2D eigenvalue weighted by molar-refractivity contribution is 6.90. The van der Waals surface area contributed by atoms with Crippen molar-refractivity contribution in [2.45, 2.75) is 19.3 Å². The van der Waals surface area contributed by atoms with Crippen molar-refractivity contribution in [2.75, 3.05) is 4.90 Å². The summed E-state index contributed by atoms with van der Waals surface area (Å²) in [4.78, 5) is 2.59. The summed E-state index contributed by atoms with van der Waals surface area (Å²) in [6.07, 6.45) is 0. The van der Waals surface area contributed by atoms with E-state index in [2.05, 4.69) is 187 Å². The van der Waals surface area contributed by atoms with Gasteiger partial charge in [0.15, 0.2) is 0 Å². The first-order chi connectivity index (χ1) is 29.5. The largest absolute Gasteiger partial charge is 0.456 e. The van der Waals surface area contributed by atoms with E-state index in [4.69, 9.17) is 8.83 Å². The number of rotatable bonds is 1. The third-order valence-corrected chi connectivity index (χ3v) is 14.3. The average Bonchev–Trinajstić information content (AvgIpc) is 4.01. The quantitative estimate of drug-likeness (QED) is 0.156. The van der Waals surface area contributed by atoms with Crippen molar-refractivity contribution in [1.82, 2.24) is 4.48 Å². The molecule has 0 fully saturated rings. The zero-order valence-electron chi connectivity index (χ0n) is 32.9. The maximum Gasteiger partial charge on any atom is 0.333 e. The van der Waals surface area contributed by atoms with E-state index < -0.39 is 0 Å². The number of para-hydroxylation sites is 3. The van der Waals surface area contributed by atoms with E-state index in [0.29, 0.717) is 0 Å².